The van der Waals surface area contributed by atoms with Gasteiger partial charge in [0.05, 0.1) is 19.2 Å². The molecule has 0 N–H and O–H groups in total. The lowest BCUT2D eigenvalue weighted by molar-refractivity contribution is -0.174. The number of rotatable bonds is 5. The Hall–Kier alpha value is -2.40. The van der Waals surface area contributed by atoms with Gasteiger partial charge in [-0.25, -0.2) is 0 Å². The van der Waals surface area contributed by atoms with Crippen molar-refractivity contribution in [1.29, 1.82) is 0 Å². The minimum Gasteiger partial charge on any atom is -0.405 e. The number of ether oxygens (including phenoxy) is 2. The van der Waals surface area contributed by atoms with Crippen LogP contribution in [0.5, 0.6) is 0 Å². The summed E-state index contributed by atoms with van der Waals surface area (Å²) in [5.74, 6) is 0.271. The fourth-order valence-corrected chi connectivity index (χ4v) is 3.38. The second kappa shape index (κ2) is 7.69. The minimum absolute atomic E-state index is 0.00223. The van der Waals surface area contributed by atoms with Crippen molar-refractivity contribution in [2.75, 3.05) is 6.61 Å². The first kappa shape index (κ1) is 18.0. The zero-order chi connectivity index (χ0) is 18.7. The summed E-state index contributed by atoms with van der Waals surface area (Å²) in [6, 6.07) is 20.5. The van der Waals surface area contributed by atoms with E-state index in [1.807, 2.05) is 61.4 Å². The fourth-order valence-electron chi connectivity index (χ4n) is 3.38. The standard InChI is InChI=1S/C23H25NO3/c1-23(2)25-17-22(26-23)21-15-20(14-13-18-9-5-3-6-10-18)27-24(21)16-19-11-7-4-8-12-19/h3-15,21-22H,16-17H2,1-2H3/b14-13+/t21-,22-/m1/s1. The van der Waals surface area contributed by atoms with E-state index in [0.717, 1.165) is 11.3 Å². The molecule has 0 amide bonds. The normalized spacial score (nSPS) is 24.9. The Bertz CT molecular complexity index is 814. The van der Waals surface area contributed by atoms with Crippen molar-refractivity contribution in [1.82, 2.24) is 5.06 Å². The highest BCUT2D eigenvalue weighted by atomic mass is 16.8. The number of nitrogens with zero attached hydrogens (tertiary/aromatic N) is 1. The first-order chi connectivity index (χ1) is 13.1. The van der Waals surface area contributed by atoms with Crippen molar-refractivity contribution >= 4 is 6.08 Å². The van der Waals surface area contributed by atoms with E-state index >= 15 is 0 Å². The molecule has 4 heteroatoms. The van der Waals surface area contributed by atoms with Crippen molar-refractivity contribution in [2.45, 2.75) is 38.3 Å². The third-order valence-electron chi connectivity index (χ3n) is 4.72. The van der Waals surface area contributed by atoms with Crippen LogP contribution in [0.4, 0.5) is 0 Å². The summed E-state index contributed by atoms with van der Waals surface area (Å²) in [6.07, 6.45) is 6.13. The quantitative estimate of drug-likeness (QED) is 0.780. The summed E-state index contributed by atoms with van der Waals surface area (Å²) in [6.45, 7) is 5.14. The number of hydrogen-bond acceptors (Lipinski definition) is 4. The van der Waals surface area contributed by atoms with Crippen LogP contribution in [-0.4, -0.2) is 29.6 Å². The Labute approximate surface area is 160 Å². The Balaban J connectivity index is 1.53. The van der Waals surface area contributed by atoms with Crippen LogP contribution in [0.3, 0.4) is 0 Å². The maximum absolute atomic E-state index is 6.15. The van der Waals surface area contributed by atoms with Gasteiger partial charge in [-0.05, 0) is 37.1 Å². The summed E-state index contributed by atoms with van der Waals surface area (Å²) >= 11 is 0. The van der Waals surface area contributed by atoms with Crippen LogP contribution in [0.2, 0.25) is 0 Å². The number of benzene rings is 2. The van der Waals surface area contributed by atoms with Crippen LogP contribution in [0.15, 0.2) is 78.6 Å². The van der Waals surface area contributed by atoms with Crippen molar-refractivity contribution in [3.63, 3.8) is 0 Å². The monoisotopic (exact) mass is 363 g/mol. The Morgan fingerprint density at radius 2 is 1.70 bits per heavy atom. The molecule has 140 valence electrons. The van der Waals surface area contributed by atoms with E-state index in [-0.39, 0.29) is 12.1 Å². The molecule has 0 spiro atoms. The van der Waals surface area contributed by atoms with E-state index in [0.29, 0.717) is 13.2 Å². The average Bonchev–Trinajstić information content (AvgIpc) is 3.24. The second-order valence-corrected chi connectivity index (χ2v) is 7.32. The first-order valence-electron chi connectivity index (χ1n) is 9.34. The topological polar surface area (TPSA) is 30.9 Å². The van der Waals surface area contributed by atoms with Crippen LogP contribution in [0.1, 0.15) is 25.0 Å². The smallest absolute Gasteiger partial charge is 0.163 e. The molecule has 1 fully saturated rings. The molecule has 2 atom stereocenters. The lowest BCUT2D eigenvalue weighted by atomic mass is 10.1. The highest BCUT2D eigenvalue weighted by Crippen LogP contribution is 2.32. The first-order valence-corrected chi connectivity index (χ1v) is 9.34. The van der Waals surface area contributed by atoms with E-state index in [1.54, 1.807) is 0 Å². The van der Waals surface area contributed by atoms with Gasteiger partial charge in [0.2, 0.25) is 0 Å². The summed E-state index contributed by atoms with van der Waals surface area (Å²) < 4.78 is 11.9. The summed E-state index contributed by atoms with van der Waals surface area (Å²) in [4.78, 5) is 6.15. The maximum Gasteiger partial charge on any atom is 0.163 e. The molecule has 0 bridgehead atoms. The van der Waals surface area contributed by atoms with Gasteiger partial charge in [-0.3, -0.25) is 0 Å². The van der Waals surface area contributed by atoms with E-state index in [9.17, 15) is 0 Å². The molecule has 4 rings (SSSR count). The van der Waals surface area contributed by atoms with Gasteiger partial charge in [-0.15, -0.1) is 5.06 Å². The molecule has 0 saturated carbocycles. The van der Waals surface area contributed by atoms with Crippen molar-refractivity contribution in [3.8, 4) is 0 Å². The van der Waals surface area contributed by atoms with E-state index in [4.69, 9.17) is 14.3 Å². The van der Waals surface area contributed by atoms with Crippen molar-refractivity contribution in [2.24, 2.45) is 0 Å². The van der Waals surface area contributed by atoms with Gasteiger partial charge in [0.25, 0.3) is 0 Å². The predicted octanol–water partition coefficient (Wildman–Crippen LogP) is 4.55. The summed E-state index contributed by atoms with van der Waals surface area (Å²) in [5, 5.41) is 1.98. The van der Waals surface area contributed by atoms with E-state index in [1.165, 1.54) is 5.56 Å². The van der Waals surface area contributed by atoms with Crippen LogP contribution in [0.25, 0.3) is 6.08 Å². The van der Waals surface area contributed by atoms with E-state index in [2.05, 4.69) is 36.4 Å². The van der Waals surface area contributed by atoms with Gasteiger partial charge in [0.15, 0.2) is 5.79 Å². The molecule has 27 heavy (non-hydrogen) atoms. The van der Waals surface area contributed by atoms with Gasteiger partial charge >= 0.3 is 0 Å². The average molecular weight is 363 g/mol. The molecule has 2 aliphatic heterocycles. The SMILES string of the molecule is CC1(C)OC[C@H]([C@H]2C=C(/C=C/c3ccccc3)ON2Cc2ccccc2)O1. The van der Waals surface area contributed by atoms with Gasteiger partial charge in [0.1, 0.15) is 11.9 Å². The Morgan fingerprint density at radius 1 is 1.00 bits per heavy atom. The molecule has 0 aliphatic carbocycles. The lowest BCUT2D eigenvalue weighted by Crippen LogP contribution is -2.40. The molecule has 2 heterocycles. The molecular formula is C23H25NO3. The van der Waals surface area contributed by atoms with Crippen molar-refractivity contribution in [3.05, 3.63) is 89.7 Å². The number of hydroxylamine groups is 2. The van der Waals surface area contributed by atoms with E-state index < -0.39 is 5.79 Å². The minimum atomic E-state index is -0.556. The third kappa shape index (κ3) is 4.48. The Morgan fingerprint density at radius 3 is 2.37 bits per heavy atom. The zero-order valence-electron chi connectivity index (χ0n) is 15.7. The molecule has 0 unspecified atom stereocenters. The van der Waals surface area contributed by atoms with Gasteiger partial charge < -0.3 is 14.3 Å². The van der Waals surface area contributed by atoms with Gasteiger partial charge in [0, 0.05) is 0 Å². The van der Waals surface area contributed by atoms with Crippen LogP contribution in [0, 0.1) is 0 Å². The number of hydrogen-bond donors (Lipinski definition) is 0. The van der Waals surface area contributed by atoms with Crippen LogP contribution in [-0.2, 0) is 20.9 Å². The highest BCUT2D eigenvalue weighted by molar-refractivity contribution is 5.52. The van der Waals surface area contributed by atoms with Gasteiger partial charge in [-0.2, -0.15) is 0 Å². The Kier molecular flexibility index (Phi) is 5.12. The molecule has 2 aliphatic rings. The van der Waals surface area contributed by atoms with Crippen LogP contribution < -0.4 is 0 Å². The maximum atomic E-state index is 6.15. The predicted molar refractivity (Wildman–Crippen MR) is 105 cm³/mol. The third-order valence-corrected chi connectivity index (χ3v) is 4.72. The summed E-state index contributed by atoms with van der Waals surface area (Å²) in [5.41, 5.74) is 2.34. The van der Waals surface area contributed by atoms with Gasteiger partial charge in [-0.1, -0.05) is 66.7 Å². The molecule has 1 saturated heterocycles. The largest absolute Gasteiger partial charge is 0.405 e. The second-order valence-electron chi connectivity index (χ2n) is 7.32. The molecular weight excluding hydrogens is 338 g/mol. The molecule has 4 nitrogen and oxygen atoms in total. The fraction of sp³-hybridized carbons (Fsp3) is 0.304. The molecule has 0 aromatic heterocycles. The van der Waals surface area contributed by atoms with Crippen molar-refractivity contribution < 1.29 is 14.3 Å². The summed E-state index contributed by atoms with van der Waals surface area (Å²) in [7, 11) is 0. The van der Waals surface area contributed by atoms with Crippen LogP contribution >= 0.6 is 0 Å². The molecule has 2 aromatic rings. The lowest BCUT2D eigenvalue weighted by Gasteiger charge is -2.27. The highest BCUT2D eigenvalue weighted by Gasteiger charge is 2.42. The zero-order valence-corrected chi connectivity index (χ0v) is 15.7. The molecule has 0 radical (unpaired) electrons. The molecule has 2 aromatic carbocycles. The number of allylic oxidation sites excluding steroid dienone is 1.